The Hall–Kier alpha value is -1.56. The molecule has 1 aliphatic carbocycles. The van der Waals surface area contributed by atoms with Crippen LogP contribution in [0.25, 0.3) is 0 Å². The fraction of sp³-hybridized carbons (Fsp3) is 0.667. The molecule has 3 aliphatic rings. The summed E-state index contributed by atoms with van der Waals surface area (Å²) in [4.78, 5) is 22.7. The van der Waals surface area contributed by atoms with E-state index in [1.54, 1.807) is 0 Å². The average molecular weight is 255 g/mol. The van der Waals surface area contributed by atoms with Crippen LogP contribution in [-0.2, 0) is 14.3 Å². The SMILES string of the molecule is C=CCOC(=O)NC12CCC(C(=O)O)(CC1)OC2. The molecule has 2 heterocycles. The molecule has 2 aliphatic heterocycles. The molecule has 2 bridgehead atoms. The number of amides is 1. The van der Waals surface area contributed by atoms with Gasteiger partial charge in [-0.05, 0) is 25.7 Å². The number of rotatable bonds is 4. The maximum atomic E-state index is 11.5. The third kappa shape index (κ3) is 2.20. The first-order valence-corrected chi connectivity index (χ1v) is 5.95. The molecule has 1 amide bonds. The summed E-state index contributed by atoms with van der Waals surface area (Å²) in [5, 5.41) is 11.9. The van der Waals surface area contributed by atoms with Crippen LogP contribution in [0.4, 0.5) is 4.79 Å². The molecule has 3 rings (SSSR count). The molecule has 0 aromatic carbocycles. The number of aliphatic carboxylic acids is 1. The van der Waals surface area contributed by atoms with E-state index in [1.807, 2.05) is 0 Å². The van der Waals surface area contributed by atoms with Gasteiger partial charge in [-0.2, -0.15) is 0 Å². The topological polar surface area (TPSA) is 84.9 Å². The molecular weight excluding hydrogens is 238 g/mol. The number of hydrogen-bond acceptors (Lipinski definition) is 4. The molecule has 0 aromatic rings. The van der Waals surface area contributed by atoms with E-state index in [2.05, 4.69) is 11.9 Å². The molecule has 6 nitrogen and oxygen atoms in total. The van der Waals surface area contributed by atoms with Gasteiger partial charge >= 0.3 is 12.1 Å². The lowest BCUT2D eigenvalue weighted by Gasteiger charge is -2.50. The number of carbonyl (C=O) groups is 2. The second-order valence-corrected chi connectivity index (χ2v) is 4.88. The first-order chi connectivity index (χ1) is 8.52. The van der Waals surface area contributed by atoms with Crippen molar-refractivity contribution < 1.29 is 24.2 Å². The summed E-state index contributed by atoms with van der Waals surface area (Å²) in [5.74, 6) is -0.912. The Balaban J connectivity index is 1.95. The molecule has 2 N–H and O–H groups in total. The summed E-state index contributed by atoms with van der Waals surface area (Å²) in [7, 11) is 0. The van der Waals surface area contributed by atoms with Crippen LogP contribution in [-0.4, -0.2) is 41.5 Å². The highest BCUT2D eigenvalue weighted by Crippen LogP contribution is 2.43. The fourth-order valence-electron chi connectivity index (χ4n) is 2.52. The smallest absolute Gasteiger partial charge is 0.407 e. The minimum Gasteiger partial charge on any atom is -0.479 e. The van der Waals surface area contributed by atoms with Gasteiger partial charge in [0.15, 0.2) is 5.60 Å². The van der Waals surface area contributed by atoms with Gasteiger partial charge in [-0.25, -0.2) is 9.59 Å². The van der Waals surface area contributed by atoms with E-state index in [0.29, 0.717) is 25.7 Å². The van der Waals surface area contributed by atoms with Gasteiger partial charge in [0.05, 0.1) is 12.1 Å². The Kier molecular flexibility index (Phi) is 3.30. The van der Waals surface area contributed by atoms with Crippen molar-refractivity contribution in [1.82, 2.24) is 5.32 Å². The summed E-state index contributed by atoms with van der Waals surface area (Å²) in [5.41, 5.74) is -1.52. The lowest BCUT2D eigenvalue weighted by molar-refractivity contribution is -0.195. The molecule has 0 unspecified atom stereocenters. The minimum absolute atomic E-state index is 0.155. The Bertz CT molecular complexity index is 354. The molecule has 18 heavy (non-hydrogen) atoms. The van der Waals surface area contributed by atoms with Crippen LogP contribution >= 0.6 is 0 Å². The predicted octanol–water partition coefficient (Wildman–Crippen LogP) is 1.06. The van der Waals surface area contributed by atoms with E-state index < -0.39 is 23.2 Å². The van der Waals surface area contributed by atoms with Gasteiger partial charge in [0.1, 0.15) is 6.61 Å². The second-order valence-electron chi connectivity index (χ2n) is 4.88. The van der Waals surface area contributed by atoms with E-state index in [0.717, 1.165) is 0 Å². The van der Waals surface area contributed by atoms with Crippen molar-refractivity contribution in [1.29, 1.82) is 0 Å². The van der Waals surface area contributed by atoms with Gasteiger partial charge in [-0.3, -0.25) is 0 Å². The Morgan fingerprint density at radius 1 is 1.39 bits per heavy atom. The maximum Gasteiger partial charge on any atom is 0.407 e. The van der Waals surface area contributed by atoms with Crippen molar-refractivity contribution in [3.63, 3.8) is 0 Å². The Morgan fingerprint density at radius 3 is 2.50 bits per heavy atom. The third-order valence-corrected chi connectivity index (χ3v) is 3.73. The molecule has 0 aromatic heterocycles. The van der Waals surface area contributed by atoms with E-state index in [-0.39, 0.29) is 13.2 Å². The normalized spacial score (nSPS) is 33.8. The van der Waals surface area contributed by atoms with E-state index in [9.17, 15) is 9.59 Å². The van der Waals surface area contributed by atoms with E-state index in [1.165, 1.54) is 6.08 Å². The highest BCUT2D eigenvalue weighted by molar-refractivity contribution is 5.78. The highest BCUT2D eigenvalue weighted by Gasteiger charge is 2.54. The highest BCUT2D eigenvalue weighted by atomic mass is 16.6. The number of alkyl carbamates (subject to hydrolysis) is 1. The number of nitrogens with one attached hydrogen (secondary N) is 1. The maximum absolute atomic E-state index is 11.5. The largest absolute Gasteiger partial charge is 0.479 e. The van der Waals surface area contributed by atoms with Crippen molar-refractivity contribution in [3.05, 3.63) is 12.7 Å². The van der Waals surface area contributed by atoms with Gasteiger partial charge in [0.2, 0.25) is 0 Å². The van der Waals surface area contributed by atoms with Gasteiger partial charge in [0, 0.05) is 0 Å². The lowest BCUT2D eigenvalue weighted by Crippen LogP contribution is -2.65. The van der Waals surface area contributed by atoms with Crippen LogP contribution < -0.4 is 5.32 Å². The zero-order chi connectivity index (χ0) is 13.2. The minimum atomic E-state index is -1.05. The van der Waals surface area contributed by atoms with E-state index in [4.69, 9.17) is 14.6 Å². The molecule has 0 spiro atoms. The number of carboxylic acids is 1. The molecule has 3 fully saturated rings. The molecule has 0 atom stereocenters. The molecular formula is C12H17NO5. The van der Waals surface area contributed by atoms with Gasteiger partial charge < -0.3 is 19.9 Å². The first-order valence-electron chi connectivity index (χ1n) is 5.95. The van der Waals surface area contributed by atoms with Crippen molar-refractivity contribution in [2.24, 2.45) is 0 Å². The third-order valence-electron chi connectivity index (χ3n) is 3.73. The zero-order valence-corrected chi connectivity index (χ0v) is 10.1. The van der Waals surface area contributed by atoms with Crippen LogP contribution in [0.1, 0.15) is 25.7 Å². The van der Waals surface area contributed by atoms with Crippen molar-refractivity contribution in [2.75, 3.05) is 13.2 Å². The van der Waals surface area contributed by atoms with Gasteiger partial charge in [0.25, 0.3) is 0 Å². The number of carbonyl (C=O) groups excluding carboxylic acids is 1. The summed E-state index contributed by atoms with van der Waals surface area (Å²) in [6.07, 6.45) is 3.02. The fourth-order valence-corrected chi connectivity index (χ4v) is 2.52. The zero-order valence-electron chi connectivity index (χ0n) is 10.1. The van der Waals surface area contributed by atoms with Crippen LogP contribution in [0, 0.1) is 0 Å². The van der Waals surface area contributed by atoms with Crippen molar-refractivity contribution in [3.8, 4) is 0 Å². The molecule has 2 saturated heterocycles. The summed E-state index contributed by atoms with van der Waals surface area (Å²) >= 11 is 0. The first kappa shape index (κ1) is 12.9. The number of carboxylic acid groups (broad SMARTS) is 1. The van der Waals surface area contributed by atoms with Crippen LogP contribution in [0.2, 0.25) is 0 Å². The molecule has 100 valence electrons. The standard InChI is InChI=1S/C12H17NO5/c1-2-7-17-10(16)13-11-3-5-12(6-4-11,9(14)15)18-8-11/h2H,1,3-8H2,(H,13,16)(H,14,15). The molecule has 0 radical (unpaired) electrons. The molecule has 6 heteroatoms. The summed E-state index contributed by atoms with van der Waals surface area (Å²) in [6, 6.07) is 0. The summed E-state index contributed by atoms with van der Waals surface area (Å²) in [6.45, 7) is 3.84. The van der Waals surface area contributed by atoms with Gasteiger partial charge in [-0.15, -0.1) is 0 Å². The van der Waals surface area contributed by atoms with Crippen LogP contribution in [0.5, 0.6) is 0 Å². The molecule has 1 saturated carbocycles. The van der Waals surface area contributed by atoms with Gasteiger partial charge in [-0.1, -0.05) is 12.7 Å². The van der Waals surface area contributed by atoms with Crippen LogP contribution in [0.15, 0.2) is 12.7 Å². The predicted molar refractivity (Wildman–Crippen MR) is 62.2 cm³/mol. The quantitative estimate of drug-likeness (QED) is 0.734. The Labute approximate surface area is 105 Å². The number of ether oxygens (including phenoxy) is 2. The monoisotopic (exact) mass is 255 g/mol. The summed E-state index contributed by atoms with van der Waals surface area (Å²) < 4.78 is 10.3. The Morgan fingerprint density at radius 2 is 2.06 bits per heavy atom. The number of hydrogen-bond donors (Lipinski definition) is 2. The second kappa shape index (κ2) is 4.61. The van der Waals surface area contributed by atoms with E-state index >= 15 is 0 Å². The average Bonchev–Trinajstić information content (AvgIpc) is 2.38. The van der Waals surface area contributed by atoms with Crippen molar-refractivity contribution in [2.45, 2.75) is 36.8 Å². The lowest BCUT2D eigenvalue weighted by atomic mass is 9.71. The van der Waals surface area contributed by atoms with Crippen LogP contribution in [0.3, 0.4) is 0 Å². The van der Waals surface area contributed by atoms with Crippen molar-refractivity contribution >= 4 is 12.1 Å². The number of fused-ring (bicyclic) bond motifs is 3.